The van der Waals surface area contributed by atoms with Gasteiger partial charge in [0, 0.05) is 24.9 Å². The van der Waals surface area contributed by atoms with Gasteiger partial charge >= 0.3 is 0 Å². The molecule has 0 fully saturated rings. The fraction of sp³-hybridized carbons (Fsp3) is 0.400. The van der Waals surface area contributed by atoms with Crippen molar-refractivity contribution in [2.45, 2.75) is 6.92 Å². The molecule has 0 unspecified atom stereocenters. The highest BCUT2D eigenvalue weighted by atomic mass is 32.2. The number of hydrogen-bond acceptors (Lipinski definition) is 3. The quantitative estimate of drug-likeness (QED) is 0.461. The fourth-order valence-electron chi connectivity index (χ4n) is 0.228. The van der Waals surface area contributed by atoms with Crippen molar-refractivity contribution in [3.05, 3.63) is 12.4 Å². The molecule has 0 aliphatic heterocycles. The van der Waals surface area contributed by atoms with Gasteiger partial charge in [-0.05, 0) is 6.92 Å². The van der Waals surface area contributed by atoms with Gasteiger partial charge in [0.05, 0.1) is 0 Å². The molecule has 0 aliphatic carbocycles. The number of aliphatic imine (C=N–C) groups is 1. The SMILES string of the molecule is C/C=N\C=C/NSC. The van der Waals surface area contributed by atoms with E-state index in [1.807, 2.05) is 13.2 Å². The van der Waals surface area contributed by atoms with E-state index in [1.54, 1.807) is 30.6 Å². The molecule has 0 rings (SSSR count). The molecule has 0 atom stereocenters. The van der Waals surface area contributed by atoms with Gasteiger partial charge in [-0.15, -0.1) is 0 Å². The molecule has 0 bridgehead atoms. The summed E-state index contributed by atoms with van der Waals surface area (Å²) in [5.41, 5.74) is 0. The lowest BCUT2D eigenvalue weighted by molar-refractivity contribution is 1.38. The van der Waals surface area contributed by atoms with Crippen molar-refractivity contribution < 1.29 is 0 Å². The van der Waals surface area contributed by atoms with E-state index in [4.69, 9.17) is 0 Å². The summed E-state index contributed by atoms with van der Waals surface area (Å²) in [5, 5.41) is 0. The average Bonchev–Trinajstić information content (AvgIpc) is 1.81. The lowest BCUT2D eigenvalue weighted by Gasteiger charge is -1.85. The Morgan fingerprint density at radius 2 is 2.38 bits per heavy atom. The van der Waals surface area contributed by atoms with Crippen LogP contribution in [0.3, 0.4) is 0 Å². The second-order valence-corrected chi connectivity index (χ2v) is 1.69. The topological polar surface area (TPSA) is 24.4 Å². The largest absolute Gasteiger partial charge is 0.335 e. The molecule has 0 aromatic rings. The molecule has 0 aromatic heterocycles. The molecule has 0 saturated carbocycles. The third kappa shape index (κ3) is 5.56. The Kier molecular flexibility index (Phi) is 6.20. The molecule has 0 amide bonds. The maximum atomic E-state index is 3.83. The van der Waals surface area contributed by atoms with Gasteiger partial charge in [0.15, 0.2) is 0 Å². The highest BCUT2D eigenvalue weighted by Crippen LogP contribution is 1.80. The monoisotopic (exact) mass is 130 g/mol. The Morgan fingerprint density at radius 1 is 1.62 bits per heavy atom. The third-order valence-corrected chi connectivity index (χ3v) is 0.867. The summed E-state index contributed by atoms with van der Waals surface area (Å²) in [6, 6.07) is 0. The minimum Gasteiger partial charge on any atom is -0.335 e. The van der Waals surface area contributed by atoms with Gasteiger partial charge in [-0.2, -0.15) is 0 Å². The number of nitrogens with zero attached hydrogens (tertiary/aromatic N) is 1. The van der Waals surface area contributed by atoms with Crippen molar-refractivity contribution >= 4 is 18.2 Å². The third-order valence-electron chi connectivity index (χ3n) is 0.496. The van der Waals surface area contributed by atoms with Crippen LogP contribution in [0, 0.1) is 0 Å². The van der Waals surface area contributed by atoms with Crippen LogP contribution in [0.5, 0.6) is 0 Å². The van der Waals surface area contributed by atoms with Gasteiger partial charge in [0.25, 0.3) is 0 Å². The fourth-order valence-corrected chi connectivity index (χ4v) is 0.425. The van der Waals surface area contributed by atoms with Crippen LogP contribution in [0.25, 0.3) is 0 Å². The molecule has 46 valence electrons. The summed E-state index contributed by atoms with van der Waals surface area (Å²) < 4.78 is 2.91. The standard InChI is InChI=1S/C5H10N2S/c1-3-6-4-5-7-8-2/h3-5,7H,1-2H3/b5-4-,6-3-. The minimum absolute atomic E-state index is 1.54. The zero-order chi connectivity index (χ0) is 6.24. The first kappa shape index (κ1) is 7.56. The van der Waals surface area contributed by atoms with Crippen LogP contribution in [0.2, 0.25) is 0 Å². The second kappa shape index (κ2) is 6.56. The van der Waals surface area contributed by atoms with Crippen molar-refractivity contribution in [2.75, 3.05) is 6.26 Å². The highest BCUT2D eigenvalue weighted by molar-refractivity contribution is 7.96. The Balaban J connectivity index is 3.07. The van der Waals surface area contributed by atoms with Crippen LogP contribution in [-0.2, 0) is 0 Å². The maximum absolute atomic E-state index is 3.83. The number of rotatable bonds is 3. The van der Waals surface area contributed by atoms with Gasteiger partial charge in [-0.25, -0.2) is 0 Å². The summed E-state index contributed by atoms with van der Waals surface area (Å²) >= 11 is 1.54. The molecule has 0 radical (unpaired) electrons. The van der Waals surface area contributed by atoms with E-state index in [0.717, 1.165) is 0 Å². The molecule has 2 nitrogen and oxygen atoms in total. The Bertz CT molecular complexity index is 88.4. The van der Waals surface area contributed by atoms with Gasteiger partial charge in [0.2, 0.25) is 0 Å². The van der Waals surface area contributed by atoms with E-state index in [9.17, 15) is 0 Å². The van der Waals surface area contributed by atoms with Crippen molar-refractivity contribution in [2.24, 2.45) is 4.99 Å². The first-order valence-electron chi connectivity index (χ1n) is 2.33. The molecular formula is C5H10N2S. The van der Waals surface area contributed by atoms with E-state index in [-0.39, 0.29) is 0 Å². The van der Waals surface area contributed by atoms with Gasteiger partial charge in [-0.1, -0.05) is 11.9 Å². The van der Waals surface area contributed by atoms with Gasteiger partial charge in [0.1, 0.15) is 0 Å². The van der Waals surface area contributed by atoms with Crippen LogP contribution >= 0.6 is 11.9 Å². The molecule has 8 heavy (non-hydrogen) atoms. The van der Waals surface area contributed by atoms with Crippen molar-refractivity contribution in [3.8, 4) is 0 Å². The number of hydrogen-bond donors (Lipinski definition) is 1. The second-order valence-electron chi connectivity index (χ2n) is 1.04. The molecule has 0 heterocycles. The molecular weight excluding hydrogens is 120 g/mol. The van der Waals surface area contributed by atoms with Crippen LogP contribution in [0.1, 0.15) is 6.92 Å². The smallest absolute Gasteiger partial charge is 0.0429 e. The zero-order valence-corrected chi connectivity index (χ0v) is 5.90. The highest BCUT2D eigenvalue weighted by Gasteiger charge is 1.62. The molecule has 0 aliphatic rings. The normalized spacial score (nSPS) is 11.2. The summed E-state index contributed by atoms with van der Waals surface area (Å²) in [6.45, 7) is 1.88. The van der Waals surface area contributed by atoms with Crippen LogP contribution < -0.4 is 4.72 Å². The summed E-state index contributed by atoms with van der Waals surface area (Å²) in [6.07, 6.45) is 7.18. The molecule has 3 heteroatoms. The summed E-state index contributed by atoms with van der Waals surface area (Å²) in [5.74, 6) is 0. The first-order chi connectivity index (χ1) is 3.91. The van der Waals surface area contributed by atoms with E-state index >= 15 is 0 Å². The van der Waals surface area contributed by atoms with Crippen molar-refractivity contribution in [3.63, 3.8) is 0 Å². The minimum atomic E-state index is 1.54. The van der Waals surface area contributed by atoms with Gasteiger partial charge < -0.3 is 4.72 Å². The van der Waals surface area contributed by atoms with Crippen LogP contribution in [0.4, 0.5) is 0 Å². The average molecular weight is 130 g/mol. The molecule has 0 spiro atoms. The Morgan fingerprint density at radius 3 is 2.88 bits per heavy atom. The van der Waals surface area contributed by atoms with E-state index in [0.29, 0.717) is 0 Å². The maximum Gasteiger partial charge on any atom is 0.0429 e. The lowest BCUT2D eigenvalue weighted by atomic mass is 10.8. The number of nitrogens with one attached hydrogen (secondary N) is 1. The van der Waals surface area contributed by atoms with E-state index < -0.39 is 0 Å². The van der Waals surface area contributed by atoms with Gasteiger partial charge in [-0.3, -0.25) is 4.99 Å². The summed E-state index contributed by atoms with van der Waals surface area (Å²) in [7, 11) is 0. The predicted molar refractivity (Wildman–Crippen MR) is 40.0 cm³/mol. The molecule has 0 saturated heterocycles. The summed E-state index contributed by atoms with van der Waals surface area (Å²) in [4.78, 5) is 3.83. The predicted octanol–water partition coefficient (Wildman–Crippen LogP) is 1.42. The Hall–Kier alpha value is -0.440. The Labute approximate surface area is 54.2 Å². The lowest BCUT2D eigenvalue weighted by Crippen LogP contribution is -1.85. The van der Waals surface area contributed by atoms with E-state index in [1.165, 1.54) is 0 Å². The zero-order valence-electron chi connectivity index (χ0n) is 5.09. The van der Waals surface area contributed by atoms with Crippen LogP contribution in [-0.4, -0.2) is 12.5 Å². The first-order valence-corrected chi connectivity index (χ1v) is 3.55. The van der Waals surface area contributed by atoms with Crippen LogP contribution in [0.15, 0.2) is 17.4 Å². The van der Waals surface area contributed by atoms with Crippen molar-refractivity contribution in [1.29, 1.82) is 0 Å². The van der Waals surface area contributed by atoms with E-state index in [2.05, 4.69) is 9.71 Å². The van der Waals surface area contributed by atoms with Crippen molar-refractivity contribution in [1.82, 2.24) is 4.72 Å². The molecule has 1 N–H and O–H groups in total. The molecule has 0 aromatic carbocycles.